The van der Waals surface area contributed by atoms with Crippen LogP contribution in [0.3, 0.4) is 0 Å². The molecule has 2 aliphatic heterocycles. The molecule has 2 fully saturated rings. The second-order valence-corrected chi connectivity index (χ2v) is 9.36. The van der Waals surface area contributed by atoms with Crippen LogP contribution in [-0.2, 0) is 25.5 Å². The Bertz CT molecular complexity index is 1060. The number of esters is 1. The van der Waals surface area contributed by atoms with Crippen molar-refractivity contribution in [2.75, 3.05) is 26.4 Å². The van der Waals surface area contributed by atoms with Gasteiger partial charge in [0, 0.05) is 24.7 Å². The van der Waals surface area contributed by atoms with Crippen LogP contribution in [0.1, 0.15) is 43.6 Å². The third-order valence-electron chi connectivity index (χ3n) is 5.64. The molecule has 0 spiro atoms. The van der Waals surface area contributed by atoms with E-state index in [0.717, 1.165) is 17.6 Å². The zero-order chi connectivity index (χ0) is 23.0. The maximum atomic E-state index is 13.0. The number of rotatable bonds is 6. The van der Waals surface area contributed by atoms with Gasteiger partial charge in [-0.15, -0.1) is 0 Å². The minimum absolute atomic E-state index is 0.00405. The summed E-state index contributed by atoms with van der Waals surface area (Å²) < 4.78 is 24.7. The van der Waals surface area contributed by atoms with Gasteiger partial charge in [-0.05, 0) is 46.8 Å². The Morgan fingerprint density at radius 1 is 1.28 bits per heavy atom. The molecule has 174 valence electrons. The minimum Gasteiger partial charge on any atom is -0.462 e. The molecule has 3 atom stereocenters. The van der Waals surface area contributed by atoms with Crippen LogP contribution >= 0.6 is 0 Å². The standard InChI is InChI=1S/C24H32N2O6/c1-6-30-22(28)18-13-25(19-8-7-15(2)11-17(19)20(18)27)12-16-14-29-10-9-26(16)21-23(31-21)32-24(3,4)5/h7-8,11,13,16,21,23H,6,9-10,12,14H2,1-5H3. The molecule has 3 unspecified atom stereocenters. The Morgan fingerprint density at radius 2 is 2.06 bits per heavy atom. The van der Waals surface area contributed by atoms with Crippen molar-refractivity contribution in [1.29, 1.82) is 0 Å². The predicted octanol–water partition coefficient (Wildman–Crippen LogP) is 2.68. The smallest absolute Gasteiger partial charge is 0.343 e. The van der Waals surface area contributed by atoms with Gasteiger partial charge < -0.3 is 23.5 Å². The summed E-state index contributed by atoms with van der Waals surface area (Å²) in [5, 5.41) is 0.510. The zero-order valence-electron chi connectivity index (χ0n) is 19.4. The number of fused-ring (bicyclic) bond motifs is 1. The lowest BCUT2D eigenvalue weighted by atomic mass is 10.1. The van der Waals surface area contributed by atoms with E-state index in [2.05, 4.69) is 4.90 Å². The number of hydrogen-bond donors (Lipinski definition) is 0. The molecule has 32 heavy (non-hydrogen) atoms. The molecule has 4 rings (SSSR count). The average molecular weight is 445 g/mol. The van der Waals surface area contributed by atoms with E-state index < -0.39 is 5.97 Å². The van der Waals surface area contributed by atoms with E-state index in [0.29, 0.717) is 25.1 Å². The van der Waals surface area contributed by atoms with Gasteiger partial charge in [0.1, 0.15) is 5.56 Å². The number of epoxide rings is 1. The van der Waals surface area contributed by atoms with Gasteiger partial charge in [0.15, 0.2) is 12.5 Å². The quantitative estimate of drug-likeness (QED) is 0.500. The molecular formula is C24H32N2O6. The number of hydrogen-bond acceptors (Lipinski definition) is 7. The van der Waals surface area contributed by atoms with Crippen molar-refractivity contribution in [3.05, 3.63) is 45.7 Å². The van der Waals surface area contributed by atoms with Gasteiger partial charge in [0.25, 0.3) is 0 Å². The fourth-order valence-electron chi connectivity index (χ4n) is 4.16. The SMILES string of the molecule is CCOC(=O)c1cn(CC2COCCN2C2OC2OC(C)(C)C)c2ccc(C)cc2c1=O. The number of benzene rings is 1. The van der Waals surface area contributed by atoms with Crippen LogP contribution in [-0.4, -0.2) is 66.0 Å². The Labute approximate surface area is 188 Å². The maximum Gasteiger partial charge on any atom is 0.343 e. The van der Waals surface area contributed by atoms with Crippen molar-refractivity contribution in [1.82, 2.24) is 9.47 Å². The van der Waals surface area contributed by atoms with E-state index in [9.17, 15) is 9.59 Å². The second kappa shape index (κ2) is 8.94. The maximum absolute atomic E-state index is 13.0. The van der Waals surface area contributed by atoms with Crippen molar-refractivity contribution < 1.29 is 23.7 Å². The van der Waals surface area contributed by atoms with Crippen molar-refractivity contribution in [2.45, 2.75) is 65.3 Å². The highest BCUT2D eigenvalue weighted by Gasteiger charge is 2.49. The highest BCUT2D eigenvalue weighted by Crippen LogP contribution is 2.33. The first-order valence-corrected chi connectivity index (χ1v) is 11.2. The van der Waals surface area contributed by atoms with Gasteiger partial charge in [-0.2, -0.15) is 0 Å². The molecule has 2 aromatic rings. The number of morpholine rings is 1. The topological polar surface area (TPSA) is 82.5 Å². The Morgan fingerprint density at radius 3 is 2.78 bits per heavy atom. The molecule has 1 aromatic carbocycles. The van der Waals surface area contributed by atoms with Crippen LogP contribution in [0.25, 0.3) is 10.9 Å². The van der Waals surface area contributed by atoms with E-state index in [-0.39, 0.29) is 41.8 Å². The predicted molar refractivity (Wildman–Crippen MR) is 120 cm³/mol. The molecule has 2 aliphatic rings. The first kappa shape index (κ1) is 22.9. The fraction of sp³-hybridized carbons (Fsp3) is 0.583. The average Bonchev–Trinajstić information content (AvgIpc) is 3.47. The van der Waals surface area contributed by atoms with E-state index in [4.69, 9.17) is 18.9 Å². The number of pyridine rings is 1. The third-order valence-corrected chi connectivity index (χ3v) is 5.64. The fourth-order valence-corrected chi connectivity index (χ4v) is 4.16. The number of ether oxygens (including phenoxy) is 4. The normalized spacial score (nSPS) is 24.0. The molecule has 0 amide bonds. The summed E-state index contributed by atoms with van der Waals surface area (Å²) in [6.07, 6.45) is 1.22. The van der Waals surface area contributed by atoms with E-state index >= 15 is 0 Å². The second-order valence-electron chi connectivity index (χ2n) is 9.36. The van der Waals surface area contributed by atoms with Gasteiger partial charge in [-0.3, -0.25) is 9.69 Å². The Kier molecular flexibility index (Phi) is 6.40. The molecule has 0 bridgehead atoms. The van der Waals surface area contributed by atoms with Crippen LogP contribution in [0, 0.1) is 6.92 Å². The molecule has 8 nitrogen and oxygen atoms in total. The van der Waals surface area contributed by atoms with Crippen molar-refractivity contribution >= 4 is 16.9 Å². The number of carbonyl (C=O) groups excluding carboxylic acids is 1. The molecule has 0 saturated carbocycles. The summed E-state index contributed by atoms with van der Waals surface area (Å²) in [7, 11) is 0. The molecule has 8 heteroatoms. The van der Waals surface area contributed by atoms with Crippen LogP contribution < -0.4 is 5.43 Å². The summed E-state index contributed by atoms with van der Waals surface area (Å²) >= 11 is 0. The van der Waals surface area contributed by atoms with E-state index in [1.165, 1.54) is 0 Å². The Balaban J connectivity index is 1.66. The van der Waals surface area contributed by atoms with Crippen LogP contribution in [0.2, 0.25) is 0 Å². The summed E-state index contributed by atoms with van der Waals surface area (Å²) in [5.41, 5.74) is 1.18. The summed E-state index contributed by atoms with van der Waals surface area (Å²) in [6.45, 7) is 12.3. The largest absolute Gasteiger partial charge is 0.462 e. The van der Waals surface area contributed by atoms with Crippen LogP contribution in [0.15, 0.2) is 29.2 Å². The first-order chi connectivity index (χ1) is 15.2. The minimum atomic E-state index is -0.601. The van der Waals surface area contributed by atoms with Gasteiger partial charge in [-0.1, -0.05) is 11.6 Å². The first-order valence-electron chi connectivity index (χ1n) is 11.2. The van der Waals surface area contributed by atoms with Gasteiger partial charge in [0.2, 0.25) is 5.43 Å². The van der Waals surface area contributed by atoms with Gasteiger partial charge in [0.05, 0.1) is 37.0 Å². The lowest BCUT2D eigenvalue weighted by Gasteiger charge is -2.35. The molecular weight excluding hydrogens is 412 g/mol. The summed E-state index contributed by atoms with van der Waals surface area (Å²) in [4.78, 5) is 27.8. The third kappa shape index (κ3) is 4.88. The number of aromatic nitrogens is 1. The lowest BCUT2D eigenvalue weighted by molar-refractivity contribution is -0.0614. The molecule has 1 aromatic heterocycles. The van der Waals surface area contributed by atoms with Crippen molar-refractivity contribution in [3.8, 4) is 0 Å². The Hall–Kier alpha value is -2.26. The monoisotopic (exact) mass is 444 g/mol. The molecule has 0 radical (unpaired) electrons. The van der Waals surface area contributed by atoms with Crippen LogP contribution in [0.4, 0.5) is 0 Å². The molecule has 0 aliphatic carbocycles. The highest BCUT2D eigenvalue weighted by molar-refractivity contribution is 5.93. The lowest BCUT2D eigenvalue weighted by Crippen LogP contribution is -2.50. The van der Waals surface area contributed by atoms with Crippen molar-refractivity contribution in [3.63, 3.8) is 0 Å². The van der Waals surface area contributed by atoms with E-state index in [1.807, 2.05) is 50.5 Å². The number of aryl methyl sites for hydroxylation is 1. The van der Waals surface area contributed by atoms with Gasteiger partial charge in [-0.25, -0.2) is 4.79 Å². The van der Waals surface area contributed by atoms with Gasteiger partial charge >= 0.3 is 5.97 Å². The number of nitrogens with zero attached hydrogens (tertiary/aromatic N) is 2. The molecule has 0 N–H and O–H groups in total. The van der Waals surface area contributed by atoms with Crippen LogP contribution in [0.5, 0.6) is 0 Å². The summed E-state index contributed by atoms with van der Waals surface area (Å²) in [5.74, 6) is -0.601. The number of carbonyl (C=O) groups is 1. The highest BCUT2D eigenvalue weighted by atomic mass is 16.8. The summed E-state index contributed by atoms with van der Waals surface area (Å²) in [6, 6.07) is 5.72. The van der Waals surface area contributed by atoms with Crippen molar-refractivity contribution in [2.24, 2.45) is 0 Å². The molecule has 3 heterocycles. The zero-order valence-corrected chi connectivity index (χ0v) is 19.4. The van der Waals surface area contributed by atoms with E-state index in [1.54, 1.807) is 13.1 Å². The molecule has 2 saturated heterocycles.